The maximum atomic E-state index is 5.72. The molecule has 0 amide bonds. The van der Waals surface area contributed by atoms with Gasteiger partial charge in [0, 0.05) is 32.2 Å². The van der Waals surface area contributed by atoms with Gasteiger partial charge in [0.25, 0.3) is 0 Å². The van der Waals surface area contributed by atoms with Gasteiger partial charge in [-0.3, -0.25) is 4.90 Å². The maximum Gasteiger partial charge on any atom is 0.228 e. The fraction of sp³-hybridized carbons (Fsp3) is 0.700. The number of aromatic nitrogens is 3. The first-order valence-electron chi connectivity index (χ1n) is 5.84. The Bertz CT molecular complexity index is 393. The zero-order valence-corrected chi connectivity index (χ0v) is 11.4. The topological polar surface area (TPSA) is 83.2 Å². The Morgan fingerprint density at radius 1 is 1.33 bits per heavy atom. The molecule has 1 atom stereocenters. The number of likely N-dealkylation sites (N-methyl/N-ethyl adjacent to an activating group) is 2. The van der Waals surface area contributed by atoms with Crippen molar-refractivity contribution in [1.29, 1.82) is 0 Å². The van der Waals surface area contributed by atoms with Crippen LogP contribution in [0.4, 0.5) is 11.9 Å². The zero-order chi connectivity index (χ0) is 13.1. The SMILES string of the molecule is CN1CCN(C)C(CNc2nc(N)nc(Cl)n2)C1. The molecule has 8 heteroatoms. The molecule has 2 rings (SSSR count). The van der Waals surface area contributed by atoms with E-state index in [9.17, 15) is 0 Å². The van der Waals surface area contributed by atoms with E-state index in [4.69, 9.17) is 17.3 Å². The molecule has 18 heavy (non-hydrogen) atoms. The fourth-order valence-electron chi connectivity index (χ4n) is 1.98. The van der Waals surface area contributed by atoms with Crippen LogP contribution in [0.15, 0.2) is 0 Å². The van der Waals surface area contributed by atoms with Crippen LogP contribution >= 0.6 is 11.6 Å². The van der Waals surface area contributed by atoms with Gasteiger partial charge in [0.1, 0.15) is 0 Å². The standard InChI is InChI=1S/C10H18ClN7/c1-17-3-4-18(2)7(6-17)5-13-10-15-8(11)14-9(12)16-10/h7H,3-6H2,1-2H3,(H3,12,13,14,15,16). The minimum atomic E-state index is 0.110. The van der Waals surface area contributed by atoms with Crippen molar-refractivity contribution in [3.63, 3.8) is 0 Å². The molecule has 1 fully saturated rings. The quantitative estimate of drug-likeness (QED) is 0.785. The molecule has 100 valence electrons. The van der Waals surface area contributed by atoms with Crippen molar-refractivity contribution < 1.29 is 0 Å². The molecule has 1 aliphatic heterocycles. The average molecular weight is 272 g/mol. The third kappa shape index (κ3) is 3.41. The number of piperazine rings is 1. The van der Waals surface area contributed by atoms with Crippen LogP contribution in [0.3, 0.4) is 0 Å². The normalized spacial score (nSPS) is 22.1. The van der Waals surface area contributed by atoms with Gasteiger partial charge >= 0.3 is 0 Å². The van der Waals surface area contributed by atoms with E-state index in [2.05, 4.69) is 44.2 Å². The highest BCUT2D eigenvalue weighted by molar-refractivity contribution is 6.28. The van der Waals surface area contributed by atoms with Gasteiger partial charge in [0.2, 0.25) is 17.2 Å². The van der Waals surface area contributed by atoms with Crippen LogP contribution in [0, 0.1) is 0 Å². The predicted octanol–water partition coefficient (Wildman–Crippen LogP) is -0.235. The summed E-state index contributed by atoms with van der Waals surface area (Å²) in [7, 11) is 4.24. The number of anilines is 2. The summed E-state index contributed by atoms with van der Waals surface area (Å²) >= 11 is 5.72. The molecular weight excluding hydrogens is 254 g/mol. The first kappa shape index (κ1) is 13.3. The molecule has 0 radical (unpaired) electrons. The number of halogens is 1. The second kappa shape index (κ2) is 5.64. The van der Waals surface area contributed by atoms with Crippen LogP contribution in [0.2, 0.25) is 5.28 Å². The largest absolute Gasteiger partial charge is 0.368 e. The third-order valence-corrected chi connectivity index (χ3v) is 3.27. The van der Waals surface area contributed by atoms with Crippen LogP contribution in [-0.4, -0.2) is 71.1 Å². The number of nitrogen functional groups attached to an aromatic ring is 1. The average Bonchev–Trinajstić information content (AvgIpc) is 2.29. The number of nitrogens with one attached hydrogen (secondary N) is 1. The van der Waals surface area contributed by atoms with Crippen molar-refractivity contribution in [1.82, 2.24) is 24.8 Å². The number of nitrogens with zero attached hydrogens (tertiary/aromatic N) is 5. The summed E-state index contributed by atoms with van der Waals surface area (Å²) in [5, 5.41) is 3.26. The number of nitrogens with two attached hydrogens (primary N) is 1. The highest BCUT2D eigenvalue weighted by Crippen LogP contribution is 2.09. The Labute approximate surface area is 111 Å². The summed E-state index contributed by atoms with van der Waals surface area (Å²) in [5.74, 6) is 0.556. The van der Waals surface area contributed by atoms with Crippen LogP contribution in [0.25, 0.3) is 0 Å². The van der Waals surface area contributed by atoms with Crippen LogP contribution in [0.5, 0.6) is 0 Å². The summed E-state index contributed by atoms with van der Waals surface area (Å²) in [6.45, 7) is 3.92. The Balaban J connectivity index is 1.94. The molecule has 1 aromatic heterocycles. The van der Waals surface area contributed by atoms with Gasteiger partial charge in [0.15, 0.2) is 0 Å². The van der Waals surface area contributed by atoms with Crippen molar-refractivity contribution in [3.05, 3.63) is 5.28 Å². The highest BCUT2D eigenvalue weighted by atomic mass is 35.5. The van der Waals surface area contributed by atoms with Gasteiger partial charge in [-0.2, -0.15) is 15.0 Å². The Morgan fingerprint density at radius 3 is 2.83 bits per heavy atom. The summed E-state index contributed by atoms with van der Waals surface area (Å²) < 4.78 is 0. The molecule has 1 unspecified atom stereocenters. The van der Waals surface area contributed by atoms with Crippen LogP contribution < -0.4 is 11.1 Å². The Morgan fingerprint density at radius 2 is 2.11 bits per heavy atom. The Hall–Kier alpha value is -1.18. The van der Waals surface area contributed by atoms with Crippen LogP contribution in [0.1, 0.15) is 0 Å². The zero-order valence-electron chi connectivity index (χ0n) is 10.6. The van der Waals surface area contributed by atoms with E-state index in [-0.39, 0.29) is 11.2 Å². The van der Waals surface area contributed by atoms with Crippen molar-refractivity contribution in [2.24, 2.45) is 0 Å². The van der Waals surface area contributed by atoms with Crippen molar-refractivity contribution in [3.8, 4) is 0 Å². The van der Waals surface area contributed by atoms with E-state index in [1.54, 1.807) is 0 Å². The number of rotatable bonds is 3. The first-order chi connectivity index (χ1) is 8.54. The molecule has 3 N–H and O–H groups in total. The van der Waals surface area contributed by atoms with Crippen molar-refractivity contribution in [2.45, 2.75) is 6.04 Å². The van der Waals surface area contributed by atoms with Gasteiger partial charge in [-0.15, -0.1) is 0 Å². The highest BCUT2D eigenvalue weighted by Gasteiger charge is 2.22. The molecule has 7 nitrogen and oxygen atoms in total. The minimum absolute atomic E-state index is 0.110. The molecule has 0 aromatic carbocycles. The lowest BCUT2D eigenvalue weighted by Gasteiger charge is -2.37. The lowest BCUT2D eigenvalue weighted by molar-refractivity contribution is 0.121. The van der Waals surface area contributed by atoms with E-state index in [0.29, 0.717) is 12.0 Å². The van der Waals surface area contributed by atoms with Gasteiger partial charge in [-0.25, -0.2) is 0 Å². The second-order valence-corrected chi connectivity index (χ2v) is 4.90. The molecule has 0 aliphatic carbocycles. The molecule has 1 saturated heterocycles. The molecule has 2 heterocycles. The van der Waals surface area contributed by atoms with Crippen molar-refractivity contribution in [2.75, 3.05) is 51.3 Å². The fourth-order valence-corrected chi connectivity index (χ4v) is 2.14. The van der Waals surface area contributed by atoms with Gasteiger partial charge in [-0.1, -0.05) is 0 Å². The van der Waals surface area contributed by atoms with E-state index in [1.807, 2.05) is 0 Å². The van der Waals surface area contributed by atoms with Gasteiger partial charge < -0.3 is 16.0 Å². The van der Waals surface area contributed by atoms with Crippen molar-refractivity contribution >= 4 is 23.5 Å². The summed E-state index contributed by atoms with van der Waals surface area (Å²) in [6.07, 6.45) is 0. The van der Waals surface area contributed by atoms with E-state index in [0.717, 1.165) is 26.2 Å². The first-order valence-corrected chi connectivity index (χ1v) is 6.22. The second-order valence-electron chi connectivity index (χ2n) is 4.56. The van der Waals surface area contributed by atoms with E-state index in [1.165, 1.54) is 0 Å². The maximum absolute atomic E-state index is 5.72. The minimum Gasteiger partial charge on any atom is -0.368 e. The van der Waals surface area contributed by atoms with Gasteiger partial charge in [0.05, 0.1) is 0 Å². The lowest BCUT2D eigenvalue weighted by atomic mass is 10.2. The van der Waals surface area contributed by atoms with E-state index < -0.39 is 0 Å². The Kier molecular flexibility index (Phi) is 4.15. The third-order valence-electron chi connectivity index (χ3n) is 3.10. The molecule has 0 saturated carbocycles. The summed E-state index contributed by atoms with van der Waals surface area (Å²) in [4.78, 5) is 16.3. The molecule has 0 bridgehead atoms. The molecule has 1 aromatic rings. The molecular formula is C10H18ClN7. The van der Waals surface area contributed by atoms with E-state index >= 15 is 0 Å². The molecule has 0 spiro atoms. The monoisotopic (exact) mass is 271 g/mol. The number of hydrogen-bond donors (Lipinski definition) is 2. The molecule has 1 aliphatic rings. The smallest absolute Gasteiger partial charge is 0.228 e. The number of hydrogen-bond acceptors (Lipinski definition) is 7. The van der Waals surface area contributed by atoms with Crippen LogP contribution in [-0.2, 0) is 0 Å². The predicted molar refractivity (Wildman–Crippen MR) is 71.7 cm³/mol. The van der Waals surface area contributed by atoms with Gasteiger partial charge in [-0.05, 0) is 25.7 Å². The lowest BCUT2D eigenvalue weighted by Crippen LogP contribution is -2.52. The summed E-state index contributed by atoms with van der Waals surface area (Å²) in [6, 6.07) is 0.417. The summed E-state index contributed by atoms with van der Waals surface area (Å²) in [5.41, 5.74) is 5.51.